The van der Waals surface area contributed by atoms with Crippen LogP contribution in [-0.4, -0.2) is 12.9 Å². The first kappa shape index (κ1) is 12.9. The molecule has 0 aliphatic heterocycles. The second-order valence-electron chi connectivity index (χ2n) is 5.05. The summed E-state index contributed by atoms with van der Waals surface area (Å²) < 4.78 is 5.33. The van der Waals surface area contributed by atoms with E-state index in [1.807, 2.05) is 18.2 Å². The first-order chi connectivity index (χ1) is 8.70. The number of nitrogens with zero attached hydrogens (tertiary/aromatic N) is 1. The van der Waals surface area contributed by atoms with Crippen LogP contribution < -0.4 is 10.5 Å². The Morgan fingerprint density at radius 2 is 2.00 bits per heavy atom. The van der Waals surface area contributed by atoms with E-state index in [2.05, 4.69) is 11.9 Å². The maximum absolute atomic E-state index is 6.15. The zero-order valence-corrected chi connectivity index (χ0v) is 11.3. The third-order valence-electron chi connectivity index (χ3n) is 3.61. The summed E-state index contributed by atoms with van der Waals surface area (Å²) in [7, 11) is 1.67. The molecule has 1 aliphatic rings. The molecule has 2 N–H and O–H groups in total. The zero-order chi connectivity index (χ0) is 13.0. The van der Waals surface area contributed by atoms with E-state index in [1.165, 1.54) is 37.7 Å². The number of amidine groups is 1. The lowest BCUT2D eigenvalue weighted by molar-refractivity contribution is 0.415. The molecule has 98 valence electrons. The standard InChI is InChI=1S/C15H22N2O/c1-11-8-9-14(18-2)13(10-11)17-15(16)12-6-4-3-5-7-12/h8-10,12H,3-7H2,1-2H3,(H2,16,17). The summed E-state index contributed by atoms with van der Waals surface area (Å²) in [6, 6.07) is 5.99. The summed E-state index contributed by atoms with van der Waals surface area (Å²) in [5.74, 6) is 2.00. The summed E-state index contributed by atoms with van der Waals surface area (Å²) >= 11 is 0. The molecule has 1 aromatic carbocycles. The van der Waals surface area contributed by atoms with Crippen LogP contribution >= 0.6 is 0 Å². The number of aryl methyl sites for hydroxylation is 1. The van der Waals surface area contributed by atoms with Crippen molar-refractivity contribution in [3.63, 3.8) is 0 Å². The van der Waals surface area contributed by atoms with Crippen molar-refractivity contribution in [1.82, 2.24) is 0 Å². The number of hydrogen-bond acceptors (Lipinski definition) is 2. The van der Waals surface area contributed by atoms with Crippen molar-refractivity contribution < 1.29 is 4.74 Å². The van der Waals surface area contributed by atoms with Crippen LogP contribution in [0.15, 0.2) is 23.2 Å². The third kappa shape index (κ3) is 3.03. The van der Waals surface area contributed by atoms with E-state index < -0.39 is 0 Å². The molecule has 0 atom stereocenters. The molecule has 0 bridgehead atoms. The predicted octanol–water partition coefficient (Wildman–Crippen LogP) is 3.57. The Balaban J connectivity index is 2.22. The number of nitrogens with two attached hydrogens (primary N) is 1. The average molecular weight is 246 g/mol. The molecule has 0 saturated heterocycles. The fraction of sp³-hybridized carbons (Fsp3) is 0.533. The molecule has 0 heterocycles. The Morgan fingerprint density at radius 3 is 2.67 bits per heavy atom. The molecule has 0 amide bonds. The molecular weight excluding hydrogens is 224 g/mol. The molecule has 3 heteroatoms. The van der Waals surface area contributed by atoms with Gasteiger partial charge in [0.05, 0.1) is 7.11 Å². The van der Waals surface area contributed by atoms with Gasteiger partial charge in [-0.05, 0) is 37.5 Å². The molecule has 1 saturated carbocycles. The van der Waals surface area contributed by atoms with Crippen molar-refractivity contribution in [2.24, 2.45) is 16.6 Å². The molecule has 0 radical (unpaired) electrons. The van der Waals surface area contributed by atoms with Gasteiger partial charge in [0, 0.05) is 5.92 Å². The van der Waals surface area contributed by atoms with Crippen LogP contribution in [0, 0.1) is 12.8 Å². The van der Waals surface area contributed by atoms with Crippen LogP contribution in [0.3, 0.4) is 0 Å². The molecule has 1 fully saturated rings. The van der Waals surface area contributed by atoms with E-state index in [-0.39, 0.29) is 0 Å². The molecule has 3 nitrogen and oxygen atoms in total. The number of rotatable bonds is 3. The monoisotopic (exact) mass is 246 g/mol. The highest BCUT2D eigenvalue weighted by Crippen LogP contribution is 2.30. The van der Waals surface area contributed by atoms with E-state index in [0.717, 1.165) is 17.3 Å². The van der Waals surface area contributed by atoms with E-state index in [0.29, 0.717) is 5.92 Å². The van der Waals surface area contributed by atoms with Gasteiger partial charge in [-0.15, -0.1) is 0 Å². The smallest absolute Gasteiger partial charge is 0.144 e. The topological polar surface area (TPSA) is 47.6 Å². The fourth-order valence-electron chi connectivity index (χ4n) is 2.52. The Hall–Kier alpha value is -1.51. The van der Waals surface area contributed by atoms with Gasteiger partial charge in [0.2, 0.25) is 0 Å². The van der Waals surface area contributed by atoms with Crippen molar-refractivity contribution in [1.29, 1.82) is 0 Å². The molecule has 0 aromatic heterocycles. The van der Waals surface area contributed by atoms with Crippen LogP contribution in [0.2, 0.25) is 0 Å². The minimum Gasteiger partial charge on any atom is -0.494 e. The maximum atomic E-state index is 6.15. The zero-order valence-electron chi connectivity index (χ0n) is 11.3. The number of hydrogen-bond donors (Lipinski definition) is 1. The lowest BCUT2D eigenvalue weighted by atomic mass is 9.88. The Labute approximate surface area is 109 Å². The molecule has 1 aliphatic carbocycles. The maximum Gasteiger partial charge on any atom is 0.144 e. The summed E-state index contributed by atoms with van der Waals surface area (Å²) in [5, 5.41) is 0. The number of methoxy groups -OCH3 is 1. The Bertz CT molecular complexity index is 434. The van der Waals surface area contributed by atoms with Gasteiger partial charge in [-0.3, -0.25) is 0 Å². The molecule has 1 aromatic rings. The summed E-state index contributed by atoms with van der Waals surface area (Å²) in [6.07, 6.45) is 6.21. The predicted molar refractivity (Wildman–Crippen MR) is 75.6 cm³/mol. The minimum atomic E-state index is 0.448. The normalized spacial score (nSPS) is 17.8. The van der Waals surface area contributed by atoms with E-state index in [9.17, 15) is 0 Å². The van der Waals surface area contributed by atoms with Gasteiger partial charge in [-0.1, -0.05) is 25.3 Å². The quantitative estimate of drug-likeness (QED) is 0.654. The minimum absolute atomic E-state index is 0.448. The SMILES string of the molecule is COc1ccc(C)cc1N=C(N)C1CCCCC1. The molecular formula is C15H22N2O. The van der Waals surface area contributed by atoms with Crippen LogP contribution in [-0.2, 0) is 0 Å². The van der Waals surface area contributed by atoms with E-state index in [1.54, 1.807) is 7.11 Å². The van der Waals surface area contributed by atoms with E-state index in [4.69, 9.17) is 10.5 Å². The van der Waals surface area contributed by atoms with Crippen LogP contribution in [0.5, 0.6) is 5.75 Å². The highest BCUT2D eigenvalue weighted by Gasteiger charge is 2.17. The lowest BCUT2D eigenvalue weighted by Crippen LogP contribution is -2.25. The highest BCUT2D eigenvalue weighted by molar-refractivity contribution is 5.86. The molecule has 0 unspecified atom stereocenters. The number of ether oxygens (including phenoxy) is 1. The van der Waals surface area contributed by atoms with Crippen LogP contribution in [0.25, 0.3) is 0 Å². The second kappa shape index (κ2) is 5.89. The fourth-order valence-corrected chi connectivity index (χ4v) is 2.52. The van der Waals surface area contributed by atoms with Crippen molar-refractivity contribution in [3.05, 3.63) is 23.8 Å². The Kier molecular flexibility index (Phi) is 4.24. The van der Waals surface area contributed by atoms with Crippen molar-refractivity contribution >= 4 is 11.5 Å². The molecule has 2 rings (SSSR count). The van der Waals surface area contributed by atoms with Crippen molar-refractivity contribution in [3.8, 4) is 5.75 Å². The van der Waals surface area contributed by atoms with Crippen molar-refractivity contribution in [2.45, 2.75) is 39.0 Å². The average Bonchev–Trinajstić information content (AvgIpc) is 2.40. The molecule has 0 spiro atoms. The largest absolute Gasteiger partial charge is 0.494 e. The summed E-state index contributed by atoms with van der Waals surface area (Å²) in [5.41, 5.74) is 8.17. The van der Waals surface area contributed by atoms with E-state index >= 15 is 0 Å². The second-order valence-corrected chi connectivity index (χ2v) is 5.05. The van der Waals surface area contributed by atoms with Gasteiger partial charge in [0.15, 0.2) is 0 Å². The van der Waals surface area contributed by atoms with Gasteiger partial charge in [0.25, 0.3) is 0 Å². The third-order valence-corrected chi connectivity index (χ3v) is 3.61. The van der Waals surface area contributed by atoms with Gasteiger partial charge in [-0.2, -0.15) is 0 Å². The van der Waals surface area contributed by atoms with Crippen LogP contribution in [0.1, 0.15) is 37.7 Å². The highest BCUT2D eigenvalue weighted by atomic mass is 16.5. The van der Waals surface area contributed by atoms with Crippen LogP contribution in [0.4, 0.5) is 5.69 Å². The van der Waals surface area contributed by atoms with Gasteiger partial charge in [0.1, 0.15) is 17.3 Å². The van der Waals surface area contributed by atoms with Gasteiger partial charge >= 0.3 is 0 Å². The van der Waals surface area contributed by atoms with Gasteiger partial charge in [-0.25, -0.2) is 4.99 Å². The molecule has 18 heavy (non-hydrogen) atoms. The lowest BCUT2D eigenvalue weighted by Gasteiger charge is -2.21. The summed E-state index contributed by atoms with van der Waals surface area (Å²) in [6.45, 7) is 2.05. The Morgan fingerprint density at radius 1 is 1.28 bits per heavy atom. The summed E-state index contributed by atoms with van der Waals surface area (Å²) in [4.78, 5) is 4.58. The first-order valence-corrected chi connectivity index (χ1v) is 6.69. The number of aliphatic imine (C=N–C) groups is 1. The van der Waals surface area contributed by atoms with Crippen molar-refractivity contribution in [2.75, 3.05) is 7.11 Å². The number of benzene rings is 1. The van der Waals surface area contributed by atoms with Gasteiger partial charge < -0.3 is 10.5 Å². The first-order valence-electron chi connectivity index (χ1n) is 6.69.